The fourth-order valence-electron chi connectivity index (χ4n) is 3.38. The molecular weight excluding hydrogens is 377 g/mol. The second-order valence-electron chi connectivity index (χ2n) is 7.21. The van der Waals surface area contributed by atoms with Gasteiger partial charge in [0.1, 0.15) is 10.8 Å². The Morgan fingerprint density at radius 2 is 2.04 bits per heavy atom. The fraction of sp³-hybridized carbons (Fsp3) is 0.429. The van der Waals surface area contributed by atoms with Crippen molar-refractivity contribution in [3.05, 3.63) is 46.1 Å². The molecule has 1 atom stereocenters. The van der Waals surface area contributed by atoms with E-state index in [1.807, 2.05) is 6.92 Å². The van der Waals surface area contributed by atoms with Crippen LogP contribution in [0.15, 0.2) is 24.3 Å². The summed E-state index contributed by atoms with van der Waals surface area (Å²) in [5.41, 5.74) is 1.59. The molecule has 0 saturated carbocycles. The molecule has 0 radical (unpaired) electrons. The first-order valence-corrected chi connectivity index (χ1v) is 10.5. The highest BCUT2D eigenvalue weighted by molar-refractivity contribution is 7.17. The summed E-state index contributed by atoms with van der Waals surface area (Å²) >= 11 is 1.46. The van der Waals surface area contributed by atoms with E-state index >= 15 is 0 Å². The van der Waals surface area contributed by atoms with E-state index in [0.29, 0.717) is 16.5 Å². The van der Waals surface area contributed by atoms with E-state index in [2.05, 4.69) is 22.9 Å². The number of anilines is 2. The van der Waals surface area contributed by atoms with Gasteiger partial charge in [-0.1, -0.05) is 26.0 Å². The number of para-hydroxylation sites is 1. The van der Waals surface area contributed by atoms with Crippen molar-refractivity contribution in [2.75, 3.05) is 23.7 Å². The zero-order valence-corrected chi connectivity index (χ0v) is 17.0. The first-order valence-electron chi connectivity index (χ1n) is 9.70. The molecule has 1 aliphatic carbocycles. The molecule has 1 aromatic heterocycles. The van der Waals surface area contributed by atoms with Crippen molar-refractivity contribution >= 4 is 33.8 Å². The number of rotatable bonds is 7. The molecule has 28 heavy (non-hydrogen) atoms. The molecule has 1 aliphatic rings. The standard InChI is InChI=1S/C21H26FN3O2S/c1-3-10-23-12-18(26)25-21-19(14-9-8-13(2)11-17(14)28-21)20(27)24-16-7-5-4-6-15(16)22/h4-7,13,23H,3,8-12H2,1-2H3,(H,24,27)(H,25,26)/t13-/m1/s1. The molecule has 0 unspecified atom stereocenters. The van der Waals surface area contributed by atoms with Crippen molar-refractivity contribution in [1.29, 1.82) is 0 Å². The van der Waals surface area contributed by atoms with Crippen LogP contribution in [0.5, 0.6) is 0 Å². The van der Waals surface area contributed by atoms with Gasteiger partial charge in [-0.15, -0.1) is 11.3 Å². The SMILES string of the molecule is CCCNCC(=O)Nc1sc2c(c1C(=O)Nc1ccccc1F)CC[C@@H](C)C2. The van der Waals surface area contributed by atoms with Gasteiger partial charge in [0.15, 0.2) is 0 Å². The van der Waals surface area contributed by atoms with E-state index in [-0.39, 0.29) is 24.0 Å². The molecule has 2 amide bonds. The van der Waals surface area contributed by atoms with Crippen LogP contribution in [0, 0.1) is 11.7 Å². The molecule has 0 bridgehead atoms. The highest BCUT2D eigenvalue weighted by Crippen LogP contribution is 2.40. The lowest BCUT2D eigenvalue weighted by Crippen LogP contribution is -2.29. The third-order valence-electron chi connectivity index (χ3n) is 4.83. The van der Waals surface area contributed by atoms with Crippen LogP contribution >= 0.6 is 11.3 Å². The molecule has 3 N–H and O–H groups in total. The Balaban J connectivity index is 1.86. The number of amides is 2. The van der Waals surface area contributed by atoms with Crippen molar-refractivity contribution in [2.45, 2.75) is 39.5 Å². The van der Waals surface area contributed by atoms with Gasteiger partial charge in [-0.05, 0) is 55.8 Å². The molecule has 1 aromatic carbocycles. The van der Waals surface area contributed by atoms with Crippen LogP contribution in [-0.2, 0) is 17.6 Å². The molecule has 3 rings (SSSR count). The number of thiophene rings is 1. The Morgan fingerprint density at radius 1 is 1.25 bits per heavy atom. The highest BCUT2D eigenvalue weighted by Gasteiger charge is 2.28. The number of hydrogen-bond donors (Lipinski definition) is 3. The maximum atomic E-state index is 14.0. The Morgan fingerprint density at radius 3 is 2.79 bits per heavy atom. The molecule has 1 heterocycles. The number of benzene rings is 1. The lowest BCUT2D eigenvalue weighted by Gasteiger charge is -2.18. The van der Waals surface area contributed by atoms with Crippen LogP contribution in [0.4, 0.5) is 15.1 Å². The summed E-state index contributed by atoms with van der Waals surface area (Å²) in [5.74, 6) is -0.500. The largest absolute Gasteiger partial charge is 0.319 e. The van der Waals surface area contributed by atoms with Crippen molar-refractivity contribution in [2.24, 2.45) is 5.92 Å². The van der Waals surface area contributed by atoms with E-state index in [1.54, 1.807) is 12.1 Å². The van der Waals surface area contributed by atoms with Crippen molar-refractivity contribution in [3.8, 4) is 0 Å². The van der Waals surface area contributed by atoms with Crippen LogP contribution < -0.4 is 16.0 Å². The predicted octanol–water partition coefficient (Wildman–Crippen LogP) is 4.20. The van der Waals surface area contributed by atoms with Crippen LogP contribution in [0.2, 0.25) is 0 Å². The van der Waals surface area contributed by atoms with Gasteiger partial charge in [0, 0.05) is 4.88 Å². The second-order valence-corrected chi connectivity index (χ2v) is 8.32. The van der Waals surface area contributed by atoms with Gasteiger partial charge in [0.25, 0.3) is 5.91 Å². The molecule has 150 valence electrons. The van der Waals surface area contributed by atoms with Gasteiger partial charge < -0.3 is 16.0 Å². The fourth-order valence-corrected chi connectivity index (χ4v) is 4.80. The van der Waals surface area contributed by atoms with Gasteiger partial charge in [0.05, 0.1) is 17.8 Å². The summed E-state index contributed by atoms with van der Waals surface area (Å²) in [6, 6.07) is 6.09. The lowest BCUT2D eigenvalue weighted by atomic mass is 9.88. The van der Waals surface area contributed by atoms with Gasteiger partial charge in [-0.25, -0.2) is 4.39 Å². The summed E-state index contributed by atoms with van der Waals surface area (Å²) < 4.78 is 14.0. The topological polar surface area (TPSA) is 70.2 Å². The monoisotopic (exact) mass is 403 g/mol. The quantitative estimate of drug-likeness (QED) is 0.607. The third kappa shape index (κ3) is 4.77. The van der Waals surface area contributed by atoms with Crippen molar-refractivity contribution in [3.63, 3.8) is 0 Å². The zero-order chi connectivity index (χ0) is 20.1. The maximum absolute atomic E-state index is 14.0. The molecule has 5 nitrogen and oxygen atoms in total. The second kappa shape index (κ2) is 9.30. The minimum atomic E-state index is -0.483. The average molecular weight is 404 g/mol. The molecule has 7 heteroatoms. The molecule has 2 aromatic rings. The Kier molecular flexibility index (Phi) is 6.80. The van der Waals surface area contributed by atoms with Crippen LogP contribution in [-0.4, -0.2) is 24.9 Å². The van der Waals surface area contributed by atoms with Crippen LogP contribution in [0.25, 0.3) is 0 Å². The predicted molar refractivity (Wildman–Crippen MR) is 112 cm³/mol. The van der Waals surface area contributed by atoms with E-state index in [1.165, 1.54) is 23.5 Å². The molecule has 0 spiro atoms. The number of carbonyl (C=O) groups excluding carboxylic acids is 2. The third-order valence-corrected chi connectivity index (χ3v) is 6.00. The number of hydrogen-bond acceptors (Lipinski definition) is 4. The van der Waals surface area contributed by atoms with Gasteiger partial charge in [-0.2, -0.15) is 0 Å². The van der Waals surface area contributed by atoms with Gasteiger partial charge >= 0.3 is 0 Å². The van der Waals surface area contributed by atoms with E-state index in [4.69, 9.17) is 0 Å². The highest BCUT2D eigenvalue weighted by atomic mass is 32.1. The molecule has 0 aliphatic heterocycles. The Labute approximate surface area is 168 Å². The number of fused-ring (bicyclic) bond motifs is 1. The molecule has 0 saturated heterocycles. The average Bonchev–Trinajstić information content (AvgIpc) is 3.00. The van der Waals surface area contributed by atoms with Crippen LogP contribution in [0.3, 0.4) is 0 Å². The lowest BCUT2D eigenvalue weighted by molar-refractivity contribution is -0.115. The minimum Gasteiger partial charge on any atom is -0.319 e. The van der Waals surface area contributed by atoms with Gasteiger partial charge in [-0.3, -0.25) is 9.59 Å². The number of halogens is 1. The van der Waals surface area contributed by atoms with E-state index in [9.17, 15) is 14.0 Å². The maximum Gasteiger partial charge on any atom is 0.259 e. The first-order chi connectivity index (χ1) is 13.5. The Hall–Kier alpha value is -2.25. The zero-order valence-electron chi connectivity index (χ0n) is 16.2. The summed E-state index contributed by atoms with van der Waals surface area (Å²) in [6.07, 6.45) is 3.62. The minimum absolute atomic E-state index is 0.138. The van der Waals surface area contributed by atoms with Crippen molar-refractivity contribution < 1.29 is 14.0 Å². The molecular formula is C21H26FN3O2S. The van der Waals surface area contributed by atoms with Crippen LogP contribution in [0.1, 0.15) is 47.5 Å². The smallest absolute Gasteiger partial charge is 0.259 e. The first kappa shape index (κ1) is 20.5. The van der Waals surface area contributed by atoms with E-state index in [0.717, 1.165) is 42.7 Å². The molecule has 0 fully saturated rings. The number of carbonyl (C=O) groups is 2. The van der Waals surface area contributed by atoms with Gasteiger partial charge in [0.2, 0.25) is 5.91 Å². The van der Waals surface area contributed by atoms with E-state index < -0.39 is 5.82 Å². The normalized spacial score (nSPS) is 15.8. The summed E-state index contributed by atoms with van der Waals surface area (Å²) in [4.78, 5) is 26.4. The summed E-state index contributed by atoms with van der Waals surface area (Å²) in [5, 5.41) is 9.17. The number of nitrogens with one attached hydrogen (secondary N) is 3. The summed E-state index contributed by atoms with van der Waals surface area (Å²) in [6.45, 7) is 5.17. The Bertz CT molecular complexity index is 865. The van der Waals surface area contributed by atoms with Crippen molar-refractivity contribution in [1.82, 2.24) is 5.32 Å². The summed E-state index contributed by atoms with van der Waals surface area (Å²) in [7, 11) is 0.